The fourth-order valence-electron chi connectivity index (χ4n) is 2.51. The maximum atomic E-state index is 12.1. The minimum atomic E-state index is -0.632. The second-order valence-electron chi connectivity index (χ2n) is 6.55. The molecular formula is C17H21NO5. The van der Waals surface area contributed by atoms with Crippen molar-refractivity contribution in [2.75, 3.05) is 0 Å². The molecule has 23 heavy (non-hydrogen) atoms. The standard InChI is InChI=1S/C17H21NO5/c1-17(2,3)23-16(21)18-15(11-7-5-4-6-8-11)12-9-13(19)22-14(20)10-12/h4-8,12,15H,9-10H2,1-3H3,(H,18,21). The number of nitrogens with one attached hydrogen (secondary N) is 1. The molecule has 0 spiro atoms. The predicted molar refractivity (Wildman–Crippen MR) is 82.4 cm³/mol. The van der Waals surface area contributed by atoms with Crippen molar-refractivity contribution in [1.29, 1.82) is 0 Å². The van der Waals surface area contributed by atoms with Crippen LogP contribution in [0.3, 0.4) is 0 Å². The van der Waals surface area contributed by atoms with Crippen LogP contribution in [0.15, 0.2) is 30.3 Å². The van der Waals surface area contributed by atoms with E-state index in [1.165, 1.54) is 0 Å². The number of hydrogen-bond acceptors (Lipinski definition) is 5. The van der Waals surface area contributed by atoms with Crippen LogP contribution in [-0.4, -0.2) is 23.6 Å². The van der Waals surface area contributed by atoms with E-state index in [2.05, 4.69) is 10.1 Å². The summed E-state index contributed by atoms with van der Waals surface area (Å²) in [5, 5.41) is 2.78. The van der Waals surface area contributed by atoms with E-state index in [0.29, 0.717) is 0 Å². The lowest BCUT2D eigenvalue weighted by Crippen LogP contribution is -2.40. The van der Waals surface area contributed by atoms with Gasteiger partial charge in [0.2, 0.25) is 0 Å². The first-order valence-electron chi connectivity index (χ1n) is 7.52. The largest absolute Gasteiger partial charge is 0.444 e. The minimum Gasteiger partial charge on any atom is -0.444 e. The number of cyclic esters (lactones) is 2. The fraction of sp³-hybridized carbons (Fsp3) is 0.471. The fourth-order valence-corrected chi connectivity index (χ4v) is 2.51. The Morgan fingerprint density at radius 1 is 1.17 bits per heavy atom. The van der Waals surface area contributed by atoms with Gasteiger partial charge in [0, 0.05) is 5.92 Å². The zero-order valence-corrected chi connectivity index (χ0v) is 13.5. The smallest absolute Gasteiger partial charge is 0.408 e. The predicted octanol–water partition coefficient (Wildman–Crippen LogP) is 2.73. The van der Waals surface area contributed by atoms with Gasteiger partial charge in [0.1, 0.15) is 5.60 Å². The second-order valence-corrected chi connectivity index (χ2v) is 6.55. The van der Waals surface area contributed by atoms with Crippen LogP contribution in [0.5, 0.6) is 0 Å². The molecule has 6 nitrogen and oxygen atoms in total. The zero-order valence-electron chi connectivity index (χ0n) is 13.5. The van der Waals surface area contributed by atoms with Gasteiger partial charge in [-0.2, -0.15) is 0 Å². The Hall–Kier alpha value is -2.37. The molecule has 2 rings (SSSR count). The summed E-state index contributed by atoms with van der Waals surface area (Å²) < 4.78 is 9.85. The monoisotopic (exact) mass is 319 g/mol. The SMILES string of the molecule is CC(C)(C)OC(=O)NC(c1ccccc1)C1CC(=O)OC(=O)C1. The van der Waals surface area contributed by atoms with E-state index in [-0.39, 0.29) is 18.8 Å². The third kappa shape index (κ3) is 5.09. The number of hydrogen-bond donors (Lipinski definition) is 1. The summed E-state index contributed by atoms with van der Waals surface area (Å²) >= 11 is 0. The summed E-state index contributed by atoms with van der Waals surface area (Å²) in [6, 6.07) is 8.71. The summed E-state index contributed by atoms with van der Waals surface area (Å²) in [6.45, 7) is 5.31. The molecule has 1 aromatic carbocycles. The summed E-state index contributed by atoms with van der Waals surface area (Å²) in [6.07, 6.45) is -0.444. The van der Waals surface area contributed by atoms with Crippen LogP contribution >= 0.6 is 0 Å². The first-order chi connectivity index (χ1) is 10.7. The van der Waals surface area contributed by atoms with Crippen molar-refractivity contribution in [2.24, 2.45) is 5.92 Å². The Bertz CT molecular complexity index is 575. The molecular weight excluding hydrogens is 298 g/mol. The maximum absolute atomic E-state index is 12.1. The summed E-state index contributed by atoms with van der Waals surface area (Å²) in [4.78, 5) is 35.2. The third-order valence-corrected chi connectivity index (χ3v) is 3.39. The topological polar surface area (TPSA) is 81.7 Å². The molecule has 0 aromatic heterocycles. The van der Waals surface area contributed by atoms with E-state index in [4.69, 9.17) is 4.74 Å². The molecule has 124 valence electrons. The van der Waals surface area contributed by atoms with Crippen molar-refractivity contribution >= 4 is 18.0 Å². The van der Waals surface area contributed by atoms with E-state index >= 15 is 0 Å². The van der Waals surface area contributed by atoms with E-state index < -0.39 is 29.7 Å². The molecule has 1 aliphatic rings. The zero-order chi connectivity index (χ0) is 17.0. The number of alkyl carbamates (subject to hydrolysis) is 1. The number of rotatable bonds is 3. The molecule has 1 fully saturated rings. The summed E-state index contributed by atoms with van der Waals surface area (Å²) in [7, 11) is 0. The van der Waals surface area contributed by atoms with Crippen molar-refractivity contribution in [3.63, 3.8) is 0 Å². The number of benzene rings is 1. The normalized spacial score (nSPS) is 17.3. The molecule has 0 radical (unpaired) electrons. The van der Waals surface area contributed by atoms with Gasteiger partial charge in [-0.05, 0) is 26.3 Å². The highest BCUT2D eigenvalue weighted by Gasteiger charge is 2.35. The Balaban J connectivity index is 2.20. The van der Waals surface area contributed by atoms with Gasteiger partial charge < -0.3 is 14.8 Å². The summed E-state index contributed by atoms with van der Waals surface area (Å²) in [5.41, 5.74) is 0.179. The molecule has 1 aliphatic heterocycles. The van der Waals surface area contributed by atoms with E-state index in [0.717, 1.165) is 5.56 Å². The van der Waals surface area contributed by atoms with Gasteiger partial charge in [-0.15, -0.1) is 0 Å². The van der Waals surface area contributed by atoms with Gasteiger partial charge in [-0.3, -0.25) is 9.59 Å². The molecule has 1 atom stereocenters. The van der Waals surface area contributed by atoms with Gasteiger partial charge in [0.05, 0.1) is 18.9 Å². The Kier molecular flexibility index (Phi) is 5.03. The Morgan fingerprint density at radius 2 is 1.74 bits per heavy atom. The molecule has 1 heterocycles. The molecule has 0 bridgehead atoms. The van der Waals surface area contributed by atoms with Gasteiger partial charge in [-0.25, -0.2) is 4.79 Å². The van der Waals surface area contributed by atoms with E-state index in [9.17, 15) is 14.4 Å². The number of carbonyl (C=O) groups excluding carboxylic acids is 3. The van der Waals surface area contributed by atoms with E-state index in [1.807, 2.05) is 30.3 Å². The van der Waals surface area contributed by atoms with Gasteiger partial charge in [-0.1, -0.05) is 30.3 Å². The average molecular weight is 319 g/mol. The van der Waals surface area contributed by atoms with Crippen LogP contribution in [-0.2, 0) is 19.1 Å². The highest BCUT2D eigenvalue weighted by molar-refractivity contribution is 5.88. The van der Waals surface area contributed by atoms with Crippen LogP contribution < -0.4 is 5.32 Å². The second kappa shape index (κ2) is 6.81. The lowest BCUT2D eigenvalue weighted by molar-refractivity contribution is -0.166. The first-order valence-corrected chi connectivity index (χ1v) is 7.52. The van der Waals surface area contributed by atoms with Crippen molar-refractivity contribution < 1.29 is 23.9 Å². The Labute approximate surface area is 135 Å². The number of esters is 2. The van der Waals surface area contributed by atoms with Crippen LogP contribution in [0, 0.1) is 5.92 Å². The van der Waals surface area contributed by atoms with Crippen molar-refractivity contribution in [2.45, 2.75) is 45.3 Å². The molecule has 1 unspecified atom stereocenters. The lowest BCUT2D eigenvalue weighted by atomic mass is 9.86. The Morgan fingerprint density at radius 3 is 2.26 bits per heavy atom. The number of amides is 1. The lowest BCUT2D eigenvalue weighted by Gasteiger charge is -2.30. The van der Waals surface area contributed by atoms with Gasteiger partial charge in [0.15, 0.2) is 0 Å². The van der Waals surface area contributed by atoms with E-state index in [1.54, 1.807) is 20.8 Å². The summed E-state index contributed by atoms with van der Waals surface area (Å²) in [5.74, 6) is -1.50. The van der Waals surface area contributed by atoms with Crippen LogP contribution in [0.1, 0.15) is 45.2 Å². The van der Waals surface area contributed by atoms with Crippen LogP contribution in [0.25, 0.3) is 0 Å². The molecule has 1 aromatic rings. The molecule has 1 N–H and O–H groups in total. The maximum Gasteiger partial charge on any atom is 0.408 e. The molecule has 1 saturated heterocycles. The highest BCUT2D eigenvalue weighted by atomic mass is 16.6. The highest BCUT2D eigenvalue weighted by Crippen LogP contribution is 2.31. The molecule has 0 saturated carbocycles. The molecule has 0 aliphatic carbocycles. The first kappa shape index (κ1) is 17.0. The third-order valence-electron chi connectivity index (χ3n) is 3.39. The van der Waals surface area contributed by atoms with Crippen LogP contribution in [0.4, 0.5) is 4.79 Å². The van der Waals surface area contributed by atoms with Crippen molar-refractivity contribution in [1.82, 2.24) is 5.32 Å². The van der Waals surface area contributed by atoms with Gasteiger partial charge >= 0.3 is 18.0 Å². The van der Waals surface area contributed by atoms with Crippen molar-refractivity contribution in [3.8, 4) is 0 Å². The number of ether oxygens (including phenoxy) is 2. The number of carbonyl (C=O) groups is 3. The van der Waals surface area contributed by atoms with Gasteiger partial charge in [0.25, 0.3) is 0 Å². The molecule has 6 heteroatoms. The average Bonchev–Trinajstić information content (AvgIpc) is 2.42. The quantitative estimate of drug-likeness (QED) is 0.684. The minimum absolute atomic E-state index is 0.0705. The molecule has 1 amide bonds. The van der Waals surface area contributed by atoms with Crippen LogP contribution in [0.2, 0.25) is 0 Å². The van der Waals surface area contributed by atoms with Crippen molar-refractivity contribution in [3.05, 3.63) is 35.9 Å².